The van der Waals surface area contributed by atoms with Crippen molar-refractivity contribution in [1.29, 1.82) is 21.3 Å². The highest BCUT2D eigenvalue weighted by molar-refractivity contribution is 5.87. The molecule has 0 aromatic rings. The summed E-state index contributed by atoms with van der Waals surface area (Å²) in [7, 11) is 0. The zero-order chi connectivity index (χ0) is 21.4. The monoisotopic (exact) mass is 434 g/mol. The highest BCUT2D eigenvalue weighted by atomic mass is 35.5. The fourth-order valence-electron chi connectivity index (χ4n) is 0.652. The summed E-state index contributed by atoms with van der Waals surface area (Å²) in [5.41, 5.74) is 7.28. The van der Waals surface area contributed by atoms with Crippen LogP contribution >= 0.6 is 24.8 Å². The van der Waals surface area contributed by atoms with Crippen molar-refractivity contribution in [2.24, 2.45) is 31.9 Å². The standard InChI is InChI=1S/C8H18N6.C8H12N4.2ClH/c1-7(2,5(9)10)13-14-8(3,4)6(11)12;1-7(2,5-9)11-12-8(3,4)6-10;;/h1-4H3,(H3,9,10)(H3,11,12);1-4H3;2*1H. The quantitative estimate of drug-likeness (QED) is 0.280. The van der Waals surface area contributed by atoms with Crippen LogP contribution in [-0.4, -0.2) is 33.8 Å². The van der Waals surface area contributed by atoms with Crippen molar-refractivity contribution in [3.05, 3.63) is 0 Å². The molecule has 0 bridgehead atoms. The van der Waals surface area contributed by atoms with Crippen molar-refractivity contribution in [3.63, 3.8) is 0 Å². The van der Waals surface area contributed by atoms with Crippen LogP contribution in [0.1, 0.15) is 55.4 Å². The second-order valence-electron chi connectivity index (χ2n) is 7.69. The number of hydrogen-bond donors (Lipinski definition) is 4. The molecular weight excluding hydrogens is 403 g/mol. The molecule has 0 heterocycles. The number of rotatable bonds is 6. The Hall–Kier alpha value is -2.30. The fraction of sp³-hybridized carbons (Fsp3) is 0.750. The van der Waals surface area contributed by atoms with Crippen LogP contribution in [0.5, 0.6) is 0 Å². The lowest BCUT2D eigenvalue weighted by Crippen LogP contribution is -2.38. The summed E-state index contributed by atoms with van der Waals surface area (Å²) in [5, 5.41) is 47.0. The van der Waals surface area contributed by atoms with E-state index in [-0.39, 0.29) is 36.5 Å². The molecule has 0 saturated carbocycles. The van der Waals surface area contributed by atoms with E-state index < -0.39 is 22.2 Å². The third-order valence-corrected chi connectivity index (χ3v) is 2.97. The molecule has 0 rings (SSSR count). The lowest BCUT2D eigenvalue weighted by Gasteiger charge is -2.20. The summed E-state index contributed by atoms with van der Waals surface area (Å²) in [6.07, 6.45) is 0. The summed E-state index contributed by atoms with van der Waals surface area (Å²) in [4.78, 5) is 0. The normalized spacial score (nSPS) is 11.9. The van der Waals surface area contributed by atoms with Crippen molar-refractivity contribution in [1.82, 2.24) is 0 Å². The number of azo groups is 2. The predicted octanol–water partition coefficient (Wildman–Crippen LogP) is 3.75. The van der Waals surface area contributed by atoms with E-state index in [0.29, 0.717) is 0 Å². The number of nitrogens with one attached hydrogen (secondary N) is 2. The second-order valence-corrected chi connectivity index (χ2v) is 7.69. The molecule has 0 aliphatic carbocycles. The molecule has 0 aliphatic heterocycles. The Labute approximate surface area is 179 Å². The Kier molecular flexibility index (Phi) is 14.5. The smallest absolute Gasteiger partial charge is 0.162 e. The molecule has 0 spiro atoms. The van der Waals surface area contributed by atoms with Crippen LogP contribution in [0.3, 0.4) is 0 Å². The summed E-state index contributed by atoms with van der Waals surface area (Å²) in [6.45, 7) is 13.3. The Morgan fingerprint density at radius 1 is 0.643 bits per heavy atom. The van der Waals surface area contributed by atoms with E-state index in [1.807, 2.05) is 12.1 Å². The molecule has 0 aliphatic rings. The maximum Gasteiger partial charge on any atom is 0.162 e. The molecule has 0 aromatic heterocycles. The Morgan fingerprint density at radius 2 is 0.857 bits per heavy atom. The molecule has 10 nitrogen and oxygen atoms in total. The molecule has 0 unspecified atom stereocenters. The molecule has 160 valence electrons. The van der Waals surface area contributed by atoms with Gasteiger partial charge in [0.25, 0.3) is 0 Å². The van der Waals surface area contributed by atoms with Crippen LogP contribution in [0.2, 0.25) is 0 Å². The van der Waals surface area contributed by atoms with Crippen LogP contribution in [0.25, 0.3) is 0 Å². The van der Waals surface area contributed by atoms with Gasteiger partial charge in [0.1, 0.15) is 22.7 Å². The Morgan fingerprint density at radius 3 is 1.00 bits per heavy atom. The molecule has 0 aromatic carbocycles. The zero-order valence-corrected chi connectivity index (χ0v) is 19.3. The first-order valence-corrected chi connectivity index (χ1v) is 7.82. The van der Waals surface area contributed by atoms with Crippen molar-refractivity contribution in [2.75, 3.05) is 0 Å². The molecule has 12 heteroatoms. The molecule has 0 amide bonds. The van der Waals surface area contributed by atoms with Crippen molar-refractivity contribution < 1.29 is 0 Å². The number of nitriles is 2. The number of halogens is 2. The average molecular weight is 435 g/mol. The minimum Gasteiger partial charge on any atom is -0.386 e. The van der Waals surface area contributed by atoms with Crippen LogP contribution in [0.15, 0.2) is 20.5 Å². The molecular formula is C16H32Cl2N10. The average Bonchev–Trinajstić information content (AvgIpc) is 2.52. The minimum atomic E-state index is -0.841. The van der Waals surface area contributed by atoms with Gasteiger partial charge in [-0.25, -0.2) is 0 Å². The van der Waals surface area contributed by atoms with E-state index in [1.165, 1.54) is 0 Å². The van der Waals surface area contributed by atoms with Gasteiger partial charge in [-0.05, 0) is 55.4 Å². The lowest BCUT2D eigenvalue weighted by atomic mass is 10.1. The van der Waals surface area contributed by atoms with Crippen LogP contribution in [0.4, 0.5) is 0 Å². The maximum absolute atomic E-state index is 8.58. The SMILES string of the molecule is CC(C)(C#N)N=NC(C)(C)C#N.CC(C)(N=NC(C)(C)C(=N)N)C(=N)N.Cl.Cl. The van der Waals surface area contributed by atoms with Crippen molar-refractivity contribution in [3.8, 4) is 12.1 Å². The van der Waals surface area contributed by atoms with E-state index in [0.717, 1.165) is 0 Å². The van der Waals surface area contributed by atoms with Crippen molar-refractivity contribution in [2.45, 2.75) is 77.5 Å². The summed E-state index contributed by atoms with van der Waals surface area (Å²) >= 11 is 0. The predicted molar refractivity (Wildman–Crippen MR) is 116 cm³/mol. The third kappa shape index (κ3) is 13.8. The van der Waals surface area contributed by atoms with Gasteiger partial charge in [0, 0.05) is 0 Å². The van der Waals surface area contributed by atoms with Gasteiger partial charge in [0.05, 0.1) is 12.1 Å². The highest BCUT2D eigenvalue weighted by Gasteiger charge is 2.25. The van der Waals surface area contributed by atoms with Gasteiger partial charge in [-0.3, -0.25) is 10.8 Å². The molecule has 0 fully saturated rings. The Balaban J connectivity index is -0.000000194. The summed E-state index contributed by atoms with van der Waals surface area (Å²) in [5.74, 6) is -0.138. The summed E-state index contributed by atoms with van der Waals surface area (Å²) in [6, 6.07) is 3.94. The number of amidine groups is 2. The van der Waals surface area contributed by atoms with Gasteiger partial charge in [-0.2, -0.15) is 31.0 Å². The first-order chi connectivity index (χ1) is 11.4. The zero-order valence-electron chi connectivity index (χ0n) is 17.7. The van der Waals surface area contributed by atoms with Crippen molar-refractivity contribution >= 4 is 36.5 Å². The van der Waals surface area contributed by atoms with Crippen LogP contribution < -0.4 is 11.5 Å². The lowest BCUT2D eigenvalue weighted by molar-refractivity contribution is 0.541. The third-order valence-electron chi connectivity index (χ3n) is 2.97. The second kappa shape index (κ2) is 12.2. The van der Waals surface area contributed by atoms with E-state index in [9.17, 15) is 0 Å². The van der Waals surface area contributed by atoms with Gasteiger partial charge in [0.2, 0.25) is 0 Å². The Bertz CT molecular complexity index is 608. The minimum absolute atomic E-state index is 0. The molecule has 0 radical (unpaired) electrons. The van der Waals surface area contributed by atoms with E-state index in [4.69, 9.17) is 32.8 Å². The number of nitrogens with two attached hydrogens (primary N) is 2. The fourth-order valence-corrected chi connectivity index (χ4v) is 0.652. The molecule has 0 saturated heterocycles. The molecule has 0 atom stereocenters. The number of hydrogen-bond acceptors (Lipinski definition) is 8. The summed E-state index contributed by atoms with van der Waals surface area (Å²) < 4.78 is 0. The first-order valence-electron chi connectivity index (χ1n) is 7.82. The van der Waals surface area contributed by atoms with Gasteiger partial charge in [-0.1, -0.05) is 0 Å². The van der Waals surface area contributed by atoms with E-state index in [2.05, 4.69) is 20.5 Å². The van der Waals surface area contributed by atoms with Gasteiger partial charge < -0.3 is 11.5 Å². The van der Waals surface area contributed by atoms with Gasteiger partial charge in [0.15, 0.2) is 11.1 Å². The molecule has 28 heavy (non-hydrogen) atoms. The topological polar surface area (TPSA) is 197 Å². The van der Waals surface area contributed by atoms with E-state index >= 15 is 0 Å². The van der Waals surface area contributed by atoms with Crippen LogP contribution in [0, 0.1) is 33.5 Å². The largest absolute Gasteiger partial charge is 0.386 e. The van der Waals surface area contributed by atoms with Gasteiger partial charge >= 0.3 is 0 Å². The molecule has 6 N–H and O–H groups in total. The maximum atomic E-state index is 8.58. The highest BCUT2D eigenvalue weighted by Crippen LogP contribution is 2.15. The first kappa shape index (κ1) is 33.3. The van der Waals surface area contributed by atoms with Gasteiger partial charge in [-0.15, -0.1) is 24.8 Å². The number of nitrogens with zero attached hydrogens (tertiary/aromatic N) is 6. The van der Waals surface area contributed by atoms with Crippen LogP contribution in [-0.2, 0) is 0 Å². The van der Waals surface area contributed by atoms with E-state index in [1.54, 1.807) is 55.4 Å².